The Labute approximate surface area is 139 Å². The van der Waals surface area contributed by atoms with Gasteiger partial charge in [0.25, 0.3) is 0 Å². The van der Waals surface area contributed by atoms with Crippen molar-refractivity contribution >= 4 is 28.9 Å². The zero-order valence-electron chi connectivity index (χ0n) is 12.5. The number of hydrogen-bond donors (Lipinski definition) is 2. The van der Waals surface area contributed by atoms with Gasteiger partial charge in [0.15, 0.2) is 0 Å². The van der Waals surface area contributed by atoms with Crippen LogP contribution in [0.2, 0.25) is 5.02 Å². The lowest BCUT2D eigenvalue weighted by atomic mass is 9.92. The Morgan fingerprint density at radius 1 is 1.30 bits per heavy atom. The standard InChI is InChI=1S/C17H16ClN3O2/c1-23-12-6-7-15-13(8-12)14(17(22)20-15)9-16(21-19)10-2-4-11(18)5-3-10/h2-8,14H,9,19H2,1H3,(H,20,22)/b21-16-. The van der Waals surface area contributed by atoms with Crippen molar-refractivity contribution in [1.29, 1.82) is 0 Å². The highest BCUT2D eigenvalue weighted by molar-refractivity contribution is 6.30. The number of halogens is 1. The summed E-state index contributed by atoms with van der Waals surface area (Å²) in [5, 5.41) is 7.38. The molecule has 0 aromatic heterocycles. The van der Waals surface area contributed by atoms with Crippen LogP contribution in [0.25, 0.3) is 0 Å². The topological polar surface area (TPSA) is 76.7 Å². The number of hydrogen-bond acceptors (Lipinski definition) is 4. The SMILES string of the molecule is COc1ccc2c(c1)C(C/C(=N/N)c1ccc(Cl)cc1)C(=O)N2. The van der Waals surface area contributed by atoms with Gasteiger partial charge in [-0.2, -0.15) is 5.10 Å². The Morgan fingerprint density at radius 3 is 2.70 bits per heavy atom. The second kappa shape index (κ2) is 6.30. The van der Waals surface area contributed by atoms with E-state index in [-0.39, 0.29) is 11.8 Å². The van der Waals surface area contributed by atoms with Crippen LogP contribution in [0.4, 0.5) is 5.69 Å². The van der Waals surface area contributed by atoms with Crippen molar-refractivity contribution < 1.29 is 9.53 Å². The molecule has 0 bridgehead atoms. The monoisotopic (exact) mass is 329 g/mol. The lowest BCUT2D eigenvalue weighted by Crippen LogP contribution is -2.17. The summed E-state index contributed by atoms with van der Waals surface area (Å²) in [6.07, 6.45) is 0.407. The molecule has 2 aromatic rings. The molecule has 3 rings (SSSR count). The Bertz CT molecular complexity index is 772. The number of nitrogens with one attached hydrogen (secondary N) is 1. The largest absolute Gasteiger partial charge is 0.497 e. The van der Waals surface area contributed by atoms with Crippen LogP contribution in [-0.2, 0) is 4.79 Å². The quantitative estimate of drug-likeness (QED) is 0.514. The number of amides is 1. The van der Waals surface area contributed by atoms with Crippen molar-refractivity contribution in [2.24, 2.45) is 10.9 Å². The van der Waals surface area contributed by atoms with Crippen LogP contribution in [0.1, 0.15) is 23.5 Å². The van der Waals surface area contributed by atoms with Crippen LogP contribution >= 0.6 is 11.6 Å². The maximum atomic E-state index is 12.3. The smallest absolute Gasteiger partial charge is 0.232 e. The van der Waals surface area contributed by atoms with Gasteiger partial charge in [-0.05, 0) is 41.5 Å². The second-order valence-electron chi connectivity index (χ2n) is 5.28. The molecule has 1 heterocycles. The van der Waals surface area contributed by atoms with Crippen LogP contribution in [0.3, 0.4) is 0 Å². The summed E-state index contributed by atoms with van der Waals surface area (Å²) in [6, 6.07) is 12.8. The molecule has 0 saturated heterocycles. The van der Waals surface area contributed by atoms with Crippen molar-refractivity contribution in [3.8, 4) is 5.75 Å². The van der Waals surface area contributed by atoms with Crippen molar-refractivity contribution in [3.05, 3.63) is 58.6 Å². The maximum Gasteiger partial charge on any atom is 0.232 e. The van der Waals surface area contributed by atoms with Crippen LogP contribution in [-0.4, -0.2) is 18.7 Å². The third kappa shape index (κ3) is 3.00. The zero-order valence-corrected chi connectivity index (χ0v) is 13.3. The molecule has 1 unspecified atom stereocenters. The van der Waals surface area contributed by atoms with E-state index in [9.17, 15) is 4.79 Å². The van der Waals surface area contributed by atoms with Gasteiger partial charge in [0.1, 0.15) is 5.75 Å². The summed E-state index contributed by atoms with van der Waals surface area (Å²) in [5.74, 6) is 5.84. The van der Waals surface area contributed by atoms with E-state index in [1.807, 2.05) is 30.3 Å². The molecule has 0 aliphatic carbocycles. The fourth-order valence-electron chi connectivity index (χ4n) is 2.71. The molecule has 2 aromatic carbocycles. The van der Waals surface area contributed by atoms with E-state index in [1.165, 1.54) is 0 Å². The van der Waals surface area contributed by atoms with Gasteiger partial charge in [0.05, 0.1) is 18.7 Å². The van der Waals surface area contributed by atoms with Crippen LogP contribution in [0.15, 0.2) is 47.6 Å². The molecule has 0 fully saturated rings. The third-order valence-electron chi connectivity index (χ3n) is 3.94. The molecule has 23 heavy (non-hydrogen) atoms. The summed E-state index contributed by atoms with van der Waals surface area (Å²) in [5.41, 5.74) is 3.19. The first-order valence-electron chi connectivity index (χ1n) is 7.14. The number of hydrazone groups is 1. The van der Waals surface area contributed by atoms with E-state index in [2.05, 4.69) is 10.4 Å². The molecule has 6 heteroatoms. The fourth-order valence-corrected chi connectivity index (χ4v) is 2.84. The molecular formula is C17H16ClN3O2. The van der Waals surface area contributed by atoms with Gasteiger partial charge in [-0.25, -0.2) is 0 Å². The number of nitrogens with two attached hydrogens (primary N) is 1. The molecule has 1 aliphatic rings. The highest BCUT2D eigenvalue weighted by atomic mass is 35.5. The molecule has 5 nitrogen and oxygen atoms in total. The molecule has 3 N–H and O–H groups in total. The Hall–Kier alpha value is -2.53. The summed E-state index contributed by atoms with van der Waals surface area (Å²) >= 11 is 5.90. The fraction of sp³-hybridized carbons (Fsp3) is 0.176. The molecule has 0 radical (unpaired) electrons. The molecule has 1 aliphatic heterocycles. The number of ether oxygens (including phenoxy) is 1. The minimum Gasteiger partial charge on any atom is -0.497 e. The maximum absolute atomic E-state index is 12.3. The van der Waals surface area contributed by atoms with Gasteiger partial charge in [-0.15, -0.1) is 0 Å². The second-order valence-corrected chi connectivity index (χ2v) is 5.72. The number of rotatable bonds is 4. The van der Waals surface area contributed by atoms with Crippen molar-refractivity contribution in [3.63, 3.8) is 0 Å². The van der Waals surface area contributed by atoms with E-state index < -0.39 is 0 Å². The first-order chi connectivity index (χ1) is 11.1. The molecule has 1 atom stereocenters. The average Bonchev–Trinajstić information content (AvgIpc) is 2.88. The van der Waals surface area contributed by atoms with Gasteiger partial charge >= 0.3 is 0 Å². The van der Waals surface area contributed by atoms with E-state index in [0.717, 1.165) is 16.8 Å². The Balaban J connectivity index is 1.90. The number of benzene rings is 2. The molecule has 1 amide bonds. The van der Waals surface area contributed by atoms with E-state index in [1.54, 1.807) is 19.2 Å². The van der Waals surface area contributed by atoms with Gasteiger partial charge in [0, 0.05) is 17.1 Å². The van der Waals surface area contributed by atoms with Crippen molar-refractivity contribution in [2.75, 3.05) is 12.4 Å². The van der Waals surface area contributed by atoms with Gasteiger partial charge in [-0.1, -0.05) is 23.7 Å². The van der Waals surface area contributed by atoms with Gasteiger partial charge in [0.2, 0.25) is 5.91 Å². The number of anilines is 1. The zero-order chi connectivity index (χ0) is 16.4. The van der Waals surface area contributed by atoms with Gasteiger partial charge < -0.3 is 15.9 Å². The lowest BCUT2D eigenvalue weighted by Gasteiger charge is -2.12. The van der Waals surface area contributed by atoms with Crippen LogP contribution in [0, 0.1) is 0 Å². The third-order valence-corrected chi connectivity index (χ3v) is 4.19. The molecule has 118 valence electrons. The molecule has 0 saturated carbocycles. The Morgan fingerprint density at radius 2 is 2.04 bits per heavy atom. The average molecular weight is 330 g/mol. The Kier molecular flexibility index (Phi) is 4.21. The highest BCUT2D eigenvalue weighted by Gasteiger charge is 2.32. The summed E-state index contributed by atoms with van der Waals surface area (Å²) < 4.78 is 5.24. The van der Waals surface area contributed by atoms with E-state index in [4.69, 9.17) is 22.2 Å². The number of carbonyl (C=O) groups excluding carboxylic acids is 1. The first kappa shape index (κ1) is 15.4. The highest BCUT2D eigenvalue weighted by Crippen LogP contribution is 2.37. The normalized spacial score (nSPS) is 16.9. The first-order valence-corrected chi connectivity index (χ1v) is 7.51. The summed E-state index contributed by atoms with van der Waals surface area (Å²) in [7, 11) is 1.60. The number of fused-ring (bicyclic) bond motifs is 1. The van der Waals surface area contributed by atoms with Gasteiger partial charge in [-0.3, -0.25) is 4.79 Å². The predicted molar refractivity (Wildman–Crippen MR) is 91.2 cm³/mol. The lowest BCUT2D eigenvalue weighted by molar-refractivity contribution is -0.116. The molecule has 0 spiro atoms. The molecular weight excluding hydrogens is 314 g/mol. The minimum absolute atomic E-state index is 0.0663. The van der Waals surface area contributed by atoms with E-state index in [0.29, 0.717) is 22.9 Å². The number of methoxy groups -OCH3 is 1. The van der Waals surface area contributed by atoms with E-state index >= 15 is 0 Å². The van der Waals surface area contributed by atoms with Crippen molar-refractivity contribution in [1.82, 2.24) is 0 Å². The number of nitrogens with zero attached hydrogens (tertiary/aromatic N) is 1. The summed E-state index contributed by atoms with van der Waals surface area (Å²) in [4.78, 5) is 12.3. The predicted octanol–water partition coefficient (Wildman–Crippen LogP) is 3.14. The summed E-state index contributed by atoms with van der Waals surface area (Å²) in [6.45, 7) is 0. The van der Waals surface area contributed by atoms with Crippen LogP contribution in [0.5, 0.6) is 5.75 Å². The minimum atomic E-state index is -0.349. The van der Waals surface area contributed by atoms with Crippen LogP contribution < -0.4 is 15.9 Å². The number of carbonyl (C=O) groups is 1. The van der Waals surface area contributed by atoms with Crippen molar-refractivity contribution in [2.45, 2.75) is 12.3 Å².